The molecule has 0 bridgehead atoms. The van der Waals surface area contributed by atoms with Gasteiger partial charge in [-0.15, -0.1) is 0 Å². The van der Waals surface area contributed by atoms with Gasteiger partial charge in [0.25, 0.3) is 0 Å². The SMILES string of the molecule is CCN(CC)C(c1ccccc1)S(=O)(=O)NC. The molecule has 1 atom stereocenters. The van der Waals surface area contributed by atoms with Gasteiger partial charge in [-0.05, 0) is 25.7 Å². The molecule has 1 unspecified atom stereocenters. The summed E-state index contributed by atoms with van der Waals surface area (Å²) in [5.74, 6) is 0. The third-order valence-corrected chi connectivity index (χ3v) is 4.53. The lowest BCUT2D eigenvalue weighted by Crippen LogP contribution is -2.38. The van der Waals surface area contributed by atoms with Crippen molar-refractivity contribution in [2.75, 3.05) is 20.1 Å². The summed E-state index contributed by atoms with van der Waals surface area (Å²) in [6, 6.07) is 9.29. The number of nitrogens with zero attached hydrogens (tertiary/aromatic N) is 1. The van der Waals surface area contributed by atoms with Crippen molar-refractivity contribution in [3.05, 3.63) is 35.9 Å². The molecule has 0 amide bonds. The van der Waals surface area contributed by atoms with Gasteiger partial charge >= 0.3 is 0 Å². The number of rotatable bonds is 6. The second-order valence-corrected chi connectivity index (χ2v) is 5.68. The van der Waals surface area contributed by atoms with Crippen molar-refractivity contribution in [2.45, 2.75) is 19.2 Å². The predicted molar refractivity (Wildman–Crippen MR) is 70.1 cm³/mol. The molecule has 5 heteroatoms. The number of benzene rings is 1. The lowest BCUT2D eigenvalue weighted by atomic mass is 10.2. The molecular formula is C12H20N2O2S. The number of hydrogen-bond donors (Lipinski definition) is 1. The van der Waals surface area contributed by atoms with E-state index >= 15 is 0 Å². The van der Waals surface area contributed by atoms with E-state index in [4.69, 9.17) is 0 Å². The summed E-state index contributed by atoms with van der Waals surface area (Å²) in [5.41, 5.74) is 0.797. The maximum atomic E-state index is 12.1. The Balaban J connectivity index is 3.21. The normalized spacial score (nSPS) is 13.9. The molecule has 0 spiro atoms. The van der Waals surface area contributed by atoms with E-state index < -0.39 is 15.4 Å². The molecule has 96 valence electrons. The van der Waals surface area contributed by atoms with Gasteiger partial charge in [0.2, 0.25) is 10.0 Å². The van der Waals surface area contributed by atoms with Crippen LogP contribution in [-0.4, -0.2) is 33.5 Å². The van der Waals surface area contributed by atoms with E-state index in [0.29, 0.717) is 13.1 Å². The van der Waals surface area contributed by atoms with Gasteiger partial charge in [-0.1, -0.05) is 44.2 Å². The van der Waals surface area contributed by atoms with Crippen LogP contribution in [0.5, 0.6) is 0 Å². The zero-order valence-electron chi connectivity index (χ0n) is 10.6. The minimum Gasteiger partial charge on any atom is -0.283 e. The lowest BCUT2D eigenvalue weighted by molar-refractivity contribution is 0.274. The van der Waals surface area contributed by atoms with E-state index in [1.165, 1.54) is 7.05 Å². The Bertz CT molecular complexity index is 427. The number of hydrogen-bond acceptors (Lipinski definition) is 3. The van der Waals surface area contributed by atoms with Crippen LogP contribution in [0.4, 0.5) is 0 Å². The number of sulfonamides is 1. The first-order valence-electron chi connectivity index (χ1n) is 5.78. The summed E-state index contributed by atoms with van der Waals surface area (Å²) in [6.45, 7) is 5.31. The molecule has 17 heavy (non-hydrogen) atoms. The fourth-order valence-electron chi connectivity index (χ4n) is 1.87. The van der Waals surface area contributed by atoms with E-state index in [0.717, 1.165) is 5.56 Å². The van der Waals surface area contributed by atoms with Gasteiger partial charge in [-0.2, -0.15) is 0 Å². The zero-order chi connectivity index (χ0) is 12.9. The topological polar surface area (TPSA) is 49.4 Å². The Kier molecular flexibility index (Phi) is 5.11. The lowest BCUT2D eigenvalue weighted by Gasteiger charge is -2.29. The van der Waals surface area contributed by atoms with Crippen LogP contribution in [0, 0.1) is 0 Å². The third-order valence-electron chi connectivity index (χ3n) is 2.81. The van der Waals surface area contributed by atoms with Gasteiger partial charge in [0.15, 0.2) is 5.37 Å². The van der Waals surface area contributed by atoms with E-state index in [2.05, 4.69) is 4.72 Å². The third kappa shape index (κ3) is 3.28. The van der Waals surface area contributed by atoms with E-state index in [1.807, 2.05) is 49.1 Å². The fraction of sp³-hybridized carbons (Fsp3) is 0.500. The first-order valence-corrected chi connectivity index (χ1v) is 7.32. The molecule has 1 N–H and O–H groups in total. The molecule has 1 aromatic carbocycles. The van der Waals surface area contributed by atoms with Crippen LogP contribution in [-0.2, 0) is 10.0 Å². The van der Waals surface area contributed by atoms with Crippen LogP contribution >= 0.6 is 0 Å². The van der Waals surface area contributed by atoms with Crippen LogP contribution < -0.4 is 4.72 Å². The van der Waals surface area contributed by atoms with Crippen LogP contribution in [0.1, 0.15) is 24.8 Å². The largest absolute Gasteiger partial charge is 0.283 e. The van der Waals surface area contributed by atoms with Crippen molar-refractivity contribution >= 4 is 10.0 Å². The minimum absolute atomic E-state index is 0.622. The highest BCUT2D eigenvalue weighted by Gasteiger charge is 2.30. The molecule has 0 heterocycles. The summed E-state index contributed by atoms with van der Waals surface area (Å²) >= 11 is 0. The fourth-order valence-corrected chi connectivity index (χ4v) is 3.30. The molecule has 0 saturated heterocycles. The Morgan fingerprint density at radius 3 is 2.12 bits per heavy atom. The van der Waals surface area contributed by atoms with Gasteiger partial charge in [-0.3, -0.25) is 4.90 Å². The second kappa shape index (κ2) is 6.14. The summed E-state index contributed by atoms with van der Waals surface area (Å²) < 4.78 is 26.6. The highest BCUT2D eigenvalue weighted by Crippen LogP contribution is 2.25. The molecule has 0 aliphatic rings. The van der Waals surface area contributed by atoms with E-state index in [1.54, 1.807) is 0 Å². The molecule has 0 saturated carbocycles. The highest BCUT2D eigenvalue weighted by molar-refractivity contribution is 7.89. The minimum atomic E-state index is -3.36. The average Bonchev–Trinajstić information content (AvgIpc) is 2.36. The predicted octanol–water partition coefficient (Wildman–Crippen LogP) is 1.58. The maximum Gasteiger partial charge on any atom is 0.231 e. The van der Waals surface area contributed by atoms with Gasteiger partial charge in [0.1, 0.15) is 0 Å². The zero-order valence-corrected chi connectivity index (χ0v) is 11.4. The van der Waals surface area contributed by atoms with E-state index in [-0.39, 0.29) is 0 Å². The van der Waals surface area contributed by atoms with E-state index in [9.17, 15) is 8.42 Å². The smallest absolute Gasteiger partial charge is 0.231 e. The van der Waals surface area contributed by atoms with Crippen molar-refractivity contribution in [1.82, 2.24) is 9.62 Å². The second-order valence-electron chi connectivity index (χ2n) is 3.73. The Morgan fingerprint density at radius 1 is 1.18 bits per heavy atom. The molecule has 0 aromatic heterocycles. The first-order chi connectivity index (χ1) is 8.06. The highest BCUT2D eigenvalue weighted by atomic mass is 32.2. The molecule has 0 radical (unpaired) electrons. The van der Waals surface area contributed by atoms with Crippen LogP contribution in [0.15, 0.2) is 30.3 Å². The van der Waals surface area contributed by atoms with Gasteiger partial charge in [0, 0.05) is 0 Å². The quantitative estimate of drug-likeness (QED) is 0.840. The van der Waals surface area contributed by atoms with Gasteiger partial charge in [-0.25, -0.2) is 13.1 Å². The van der Waals surface area contributed by atoms with Crippen molar-refractivity contribution < 1.29 is 8.42 Å². The van der Waals surface area contributed by atoms with Crippen molar-refractivity contribution in [3.63, 3.8) is 0 Å². The summed E-state index contributed by atoms with van der Waals surface area (Å²) in [6.07, 6.45) is 0. The van der Waals surface area contributed by atoms with Gasteiger partial charge < -0.3 is 0 Å². The molecule has 4 nitrogen and oxygen atoms in total. The molecular weight excluding hydrogens is 236 g/mol. The van der Waals surface area contributed by atoms with Gasteiger partial charge in [0.05, 0.1) is 0 Å². The van der Waals surface area contributed by atoms with Crippen molar-refractivity contribution in [1.29, 1.82) is 0 Å². The monoisotopic (exact) mass is 256 g/mol. The Hall–Kier alpha value is -0.910. The average molecular weight is 256 g/mol. The van der Waals surface area contributed by atoms with Crippen molar-refractivity contribution in [2.24, 2.45) is 0 Å². The van der Waals surface area contributed by atoms with Crippen LogP contribution in [0.2, 0.25) is 0 Å². The summed E-state index contributed by atoms with van der Waals surface area (Å²) in [4.78, 5) is 1.92. The Morgan fingerprint density at radius 2 is 1.71 bits per heavy atom. The van der Waals surface area contributed by atoms with Crippen LogP contribution in [0.3, 0.4) is 0 Å². The first kappa shape index (κ1) is 14.2. The number of nitrogens with one attached hydrogen (secondary N) is 1. The van der Waals surface area contributed by atoms with Crippen molar-refractivity contribution in [3.8, 4) is 0 Å². The molecule has 0 aliphatic heterocycles. The molecule has 0 aliphatic carbocycles. The summed E-state index contributed by atoms with van der Waals surface area (Å²) in [5, 5.41) is -0.622. The standard InChI is InChI=1S/C12H20N2O2S/c1-4-14(5-2)12(17(15,16)13-3)11-9-7-6-8-10-11/h6-10,12-13H,4-5H2,1-3H3. The molecule has 0 fully saturated rings. The summed E-state index contributed by atoms with van der Waals surface area (Å²) in [7, 11) is -1.91. The van der Waals surface area contributed by atoms with Crippen LogP contribution in [0.25, 0.3) is 0 Å². The molecule has 1 aromatic rings. The Labute approximate surface area is 104 Å². The maximum absolute atomic E-state index is 12.1. The molecule has 1 rings (SSSR count).